The van der Waals surface area contributed by atoms with Gasteiger partial charge in [-0.3, -0.25) is 4.57 Å². The molecule has 72 valence electrons. The minimum absolute atomic E-state index is 0.168. The van der Waals surface area contributed by atoms with Crippen LogP contribution in [0.4, 0.5) is 4.79 Å². The normalized spacial score (nSPS) is 9.62. The molecule has 1 heterocycles. The second-order valence-electron chi connectivity index (χ2n) is 2.46. The third-order valence-electron chi connectivity index (χ3n) is 1.59. The summed E-state index contributed by atoms with van der Waals surface area (Å²) in [5.74, 6) is 0. The van der Waals surface area contributed by atoms with Crippen LogP contribution in [-0.4, -0.2) is 29.2 Å². The number of amides is 2. The number of imidazole rings is 1. The molecule has 0 aliphatic rings. The standard InChI is InChI=1S/C7H12N4O2/c1-8-6(12)9-2-4-11-5-3-10-7(11)13/h3,5H,2,4H2,1H3,(H,10,13)(H2,8,9,12). The molecule has 3 N–H and O–H groups in total. The zero-order chi connectivity index (χ0) is 9.68. The molecule has 13 heavy (non-hydrogen) atoms. The van der Waals surface area contributed by atoms with E-state index in [2.05, 4.69) is 15.6 Å². The molecule has 0 aliphatic carbocycles. The largest absolute Gasteiger partial charge is 0.341 e. The highest BCUT2D eigenvalue weighted by atomic mass is 16.2. The van der Waals surface area contributed by atoms with Gasteiger partial charge in [0.15, 0.2) is 0 Å². The van der Waals surface area contributed by atoms with Crippen molar-refractivity contribution >= 4 is 6.03 Å². The Morgan fingerprint density at radius 1 is 1.69 bits per heavy atom. The molecule has 1 rings (SSSR count). The summed E-state index contributed by atoms with van der Waals surface area (Å²) in [6.07, 6.45) is 3.19. The van der Waals surface area contributed by atoms with Crippen molar-refractivity contribution in [2.45, 2.75) is 6.54 Å². The van der Waals surface area contributed by atoms with E-state index in [1.54, 1.807) is 12.4 Å². The molecule has 2 amide bonds. The molecule has 0 radical (unpaired) electrons. The number of carbonyl (C=O) groups is 1. The van der Waals surface area contributed by atoms with Gasteiger partial charge in [-0.1, -0.05) is 0 Å². The summed E-state index contributed by atoms with van der Waals surface area (Å²) in [6, 6.07) is -0.247. The molecule has 6 heteroatoms. The summed E-state index contributed by atoms with van der Waals surface area (Å²) >= 11 is 0. The Bertz CT molecular complexity index is 327. The Morgan fingerprint density at radius 3 is 3.00 bits per heavy atom. The van der Waals surface area contributed by atoms with Crippen LogP contribution in [0.1, 0.15) is 0 Å². The summed E-state index contributed by atoms with van der Waals surface area (Å²) in [7, 11) is 1.54. The first-order valence-corrected chi connectivity index (χ1v) is 3.93. The van der Waals surface area contributed by atoms with Crippen LogP contribution in [-0.2, 0) is 6.54 Å². The molecule has 0 bridgehead atoms. The molecule has 0 saturated heterocycles. The van der Waals surface area contributed by atoms with E-state index < -0.39 is 0 Å². The van der Waals surface area contributed by atoms with Crippen LogP contribution in [0, 0.1) is 0 Å². The van der Waals surface area contributed by atoms with E-state index in [9.17, 15) is 9.59 Å². The lowest BCUT2D eigenvalue weighted by Gasteiger charge is -2.03. The second-order valence-corrected chi connectivity index (χ2v) is 2.46. The molecule has 0 fully saturated rings. The van der Waals surface area contributed by atoms with Crippen LogP contribution in [0.15, 0.2) is 17.2 Å². The molecular formula is C7H12N4O2. The number of hydrogen-bond donors (Lipinski definition) is 3. The van der Waals surface area contributed by atoms with E-state index in [-0.39, 0.29) is 11.7 Å². The predicted molar refractivity (Wildman–Crippen MR) is 47.5 cm³/mol. The van der Waals surface area contributed by atoms with Gasteiger partial charge in [0.25, 0.3) is 0 Å². The number of H-pyrrole nitrogens is 1. The van der Waals surface area contributed by atoms with Gasteiger partial charge in [0.1, 0.15) is 0 Å². The molecule has 6 nitrogen and oxygen atoms in total. The fourth-order valence-electron chi connectivity index (χ4n) is 0.903. The van der Waals surface area contributed by atoms with Gasteiger partial charge >= 0.3 is 11.7 Å². The third kappa shape index (κ3) is 2.66. The molecular weight excluding hydrogens is 172 g/mol. The summed E-state index contributed by atoms with van der Waals surface area (Å²) in [5, 5.41) is 4.99. The number of aromatic amines is 1. The predicted octanol–water partition coefficient (Wildman–Crippen LogP) is -0.895. The van der Waals surface area contributed by atoms with Crippen LogP contribution in [0.3, 0.4) is 0 Å². The van der Waals surface area contributed by atoms with E-state index in [0.29, 0.717) is 13.1 Å². The quantitative estimate of drug-likeness (QED) is 0.569. The average molecular weight is 184 g/mol. The minimum atomic E-state index is -0.247. The fraction of sp³-hybridized carbons (Fsp3) is 0.429. The molecule has 0 aromatic carbocycles. The lowest BCUT2D eigenvalue weighted by Crippen LogP contribution is -2.35. The van der Waals surface area contributed by atoms with E-state index in [4.69, 9.17) is 0 Å². The highest BCUT2D eigenvalue weighted by Crippen LogP contribution is 1.76. The van der Waals surface area contributed by atoms with Gasteiger partial charge in [-0.15, -0.1) is 0 Å². The number of urea groups is 1. The zero-order valence-corrected chi connectivity index (χ0v) is 7.33. The fourth-order valence-corrected chi connectivity index (χ4v) is 0.903. The molecule has 0 atom stereocenters. The van der Waals surface area contributed by atoms with Gasteiger partial charge in [-0.2, -0.15) is 0 Å². The van der Waals surface area contributed by atoms with Gasteiger partial charge in [-0.05, 0) is 0 Å². The Hall–Kier alpha value is -1.72. The number of aromatic nitrogens is 2. The van der Waals surface area contributed by atoms with Crippen LogP contribution in [0.5, 0.6) is 0 Å². The van der Waals surface area contributed by atoms with E-state index in [1.165, 1.54) is 11.6 Å². The van der Waals surface area contributed by atoms with E-state index >= 15 is 0 Å². The number of nitrogens with zero attached hydrogens (tertiary/aromatic N) is 1. The Kier molecular flexibility index (Phi) is 3.13. The maximum atomic E-state index is 10.9. The number of rotatable bonds is 3. The van der Waals surface area contributed by atoms with Gasteiger partial charge in [-0.25, -0.2) is 9.59 Å². The van der Waals surface area contributed by atoms with Crippen molar-refractivity contribution in [3.05, 3.63) is 22.9 Å². The highest BCUT2D eigenvalue weighted by Gasteiger charge is 1.97. The van der Waals surface area contributed by atoms with Crippen molar-refractivity contribution in [2.75, 3.05) is 13.6 Å². The SMILES string of the molecule is CNC(=O)NCCn1cc[nH]c1=O. The molecule has 0 saturated carbocycles. The van der Waals surface area contributed by atoms with Crippen LogP contribution in [0.25, 0.3) is 0 Å². The van der Waals surface area contributed by atoms with Crippen molar-refractivity contribution in [3.8, 4) is 0 Å². The molecule has 0 aliphatic heterocycles. The lowest BCUT2D eigenvalue weighted by atomic mass is 10.6. The Morgan fingerprint density at radius 2 is 2.46 bits per heavy atom. The molecule has 1 aromatic heterocycles. The zero-order valence-electron chi connectivity index (χ0n) is 7.33. The first-order chi connectivity index (χ1) is 6.24. The molecule has 1 aromatic rings. The second kappa shape index (κ2) is 4.34. The summed E-state index contributed by atoms with van der Waals surface area (Å²) < 4.78 is 1.48. The first kappa shape index (κ1) is 9.37. The van der Waals surface area contributed by atoms with Crippen LogP contribution in [0.2, 0.25) is 0 Å². The lowest BCUT2D eigenvalue weighted by molar-refractivity contribution is 0.242. The van der Waals surface area contributed by atoms with Crippen molar-refractivity contribution < 1.29 is 4.79 Å². The van der Waals surface area contributed by atoms with Gasteiger partial charge in [0.2, 0.25) is 0 Å². The van der Waals surface area contributed by atoms with Crippen LogP contribution < -0.4 is 16.3 Å². The van der Waals surface area contributed by atoms with Crippen molar-refractivity contribution in [1.29, 1.82) is 0 Å². The number of nitrogens with one attached hydrogen (secondary N) is 3. The topological polar surface area (TPSA) is 78.9 Å². The van der Waals surface area contributed by atoms with Gasteiger partial charge in [0.05, 0.1) is 0 Å². The minimum Gasteiger partial charge on any atom is -0.341 e. The first-order valence-electron chi connectivity index (χ1n) is 3.93. The van der Waals surface area contributed by atoms with Crippen LogP contribution >= 0.6 is 0 Å². The monoisotopic (exact) mass is 184 g/mol. The molecule has 0 unspecified atom stereocenters. The Labute approximate surface area is 75.0 Å². The Balaban J connectivity index is 2.32. The van der Waals surface area contributed by atoms with E-state index in [1.807, 2.05) is 0 Å². The van der Waals surface area contributed by atoms with E-state index in [0.717, 1.165) is 0 Å². The maximum Gasteiger partial charge on any atom is 0.325 e. The van der Waals surface area contributed by atoms with Gasteiger partial charge in [0, 0.05) is 32.5 Å². The number of hydrogen-bond acceptors (Lipinski definition) is 2. The van der Waals surface area contributed by atoms with Gasteiger partial charge < -0.3 is 15.6 Å². The van der Waals surface area contributed by atoms with Crippen molar-refractivity contribution in [1.82, 2.24) is 20.2 Å². The summed E-state index contributed by atoms with van der Waals surface area (Å²) in [4.78, 5) is 24.2. The smallest absolute Gasteiger partial charge is 0.325 e. The van der Waals surface area contributed by atoms with Crippen molar-refractivity contribution in [2.24, 2.45) is 0 Å². The maximum absolute atomic E-state index is 10.9. The average Bonchev–Trinajstić information content (AvgIpc) is 2.52. The highest BCUT2D eigenvalue weighted by molar-refractivity contribution is 5.73. The summed E-state index contributed by atoms with van der Waals surface area (Å²) in [6.45, 7) is 0.896. The third-order valence-corrected chi connectivity index (χ3v) is 1.59. The summed E-state index contributed by atoms with van der Waals surface area (Å²) in [5.41, 5.74) is -0.168. The number of carbonyl (C=O) groups excluding carboxylic acids is 1. The van der Waals surface area contributed by atoms with Crippen molar-refractivity contribution in [3.63, 3.8) is 0 Å². The molecule has 0 spiro atoms.